The Morgan fingerprint density at radius 1 is 0.941 bits per heavy atom. The fourth-order valence-electron chi connectivity index (χ4n) is 3.39. The number of halogens is 3. The number of hydrogen-bond donors (Lipinski definition) is 1. The Kier molecular flexibility index (Phi) is 7.32. The number of benzene rings is 3. The smallest absolute Gasteiger partial charge is 0.333 e. The van der Waals surface area contributed by atoms with Gasteiger partial charge < -0.3 is 14.8 Å². The molecule has 0 radical (unpaired) electrons. The van der Waals surface area contributed by atoms with Crippen molar-refractivity contribution in [2.45, 2.75) is 13.5 Å². The lowest BCUT2D eigenvalue weighted by Gasteiger charge is -2.15. The van der Waals surface area contributed by atoms with Crippen LogP contribution < -0.4 is 19.7 Å². The van der Waals surface area contributed by atoms with Gasteiger partial charge in [-0.2, -0.15) is 0 Å². The van der Waals surface area contributed by atoms with Gasteiger partial charge in [0.1, 0.15) is 12.3 Å². The summed E-state index contributed by atoms with van der Waals surface area (Å²) in [6.45, 7) is 2.40. The van der Waals surface area contributed by atoms with Gasteiger partial charge in [-0.1, -0.05) is 59.1 Å². The van der Waals surface area contributed by atoms with Crippen molar-refractivity contribution in [3.63, 3.8) is 0 Å². The summed E-state index contributed by atoms with van der Waals surface area (Å²) in [4.78, 5) is 26.4. The summed E-state index contributed by atoms with van der Waals surface area (Å²) >= 11 is 18.7. The van der Waals surface area contributed by atoms with Crippen molar-refractivity contribution in [2.24, 2.45) is 0 Å². The van der Waals surface area contributed by atoms with Crippen molar-refractivity contribution in [1.29, 1.82) is 0 Å². The normalized spacial score (nSPS) is 14.5. The second-order valence-electron chi connectivity index (χ2n) is 7.25. The minimum Gasteiger partial charge on any atom is -0.490 e. The van der Waals surface area contributed by atoms with Crippen LogP contribution in [0.2, 0.25) is 15.1 Å². The van der Waals surface area contributed by atoms with Crippen molar-refractivity contribution < 1.29 is 19.1 Å². The molecule has 1 aliphatic rings. The quantitative estimate of drug-likeness (QED) is 0.279. The van der Waals surface area contributed by atoms with Crippen molar-refractivity contribution >= 4 is 58.5 Å². The van der Waals surface area contributed by atoms with Gasteiger partial charge in [0.05, 0.1) is 17.3 Å². The van der Waals surface area contributed by atoms with Crippen molar-refractivity contribution in [2.75, 3.05) is 11.5 Å². The van der Waals surface area contributed by atoms with E-state index in [1.54, 1.807) is 36.4 Å². The van der Waals surface area contributed by atoms with E-state index in [2.05, 4.69) is 5.32 Å². The van der Waals surface area contributed by atoms with E-state index in [0.717, 1.165) is 10.5 Å². The highest BCUT2D eigenvalue weighted by Gasteiger charge is 2.35. The molecular formula is C25H19Cl3N2O4. The molecule has 1 heterocycles. The maximum atomic E-state index is 12.9. The molecule has 174 valence electrons. The SMILES string of the molecule is CCOc1cc(/C=C2/NC(=O)N(c3cccc(Cl)c3)C2=O)cc(Cl)c1OCc1ccccc1Cl. The molecule has 1 N–H and O–H groups in total. The number of rotatable bonds is 7. The standard InChI is InChI=1S/C25H19Cl3N2O4/c1-2-33-22-12-15(10-20(28)23(22)34-14-16-6-3-4-9-19(16)27)11-21-24(31)30(25(32)29-21)18-8-5-7-17(26)13-18/h3-13H,2,14H2,1H3,(H,29,32)/b21-11+. The van der Waals surface area contributed by atoms with Crippen LogP contribution in [0.15, 0.2) is 66.4 Å². The molecule has 0 spiro atoms. The van der Waals surface area contributed by atoms with Crippen LogP contribution in [0.5, 0.6) is 11.5 Å². The van der Waals surface area contributed by atoms with Gasteiger partial charge in [-0.15, -0.1) is 0 Å². The van der Waals surface area contributed by atoms with Gasteiger partial charge in [0.2, 0.25) is 0 Å². The Balaban J connectivity index is 1.61. The minimum atomic E-state index is -0.575. The van der Waals surface area contributed by atoms with E-state index < -0.39 is 11.9 Å². The van der Waals surface area contributed by atoms with Gasteiger partial charge in [0.15, 0.2) is 11.5 Å². The summed E-state index contributed by atoms with van der Waals surface area (Å²) in [5.74, 6) is 0.241. The van der Waals surface area contributed by atoms with Gasteiger partial charge in [-0.05, 0) is 55.0 Å². The molecule has 0 saturated carbocycles. The number of imide groups is 1. The van der Waals surface area contributed by atoms with E-state index in [4.69, 9.17) is 44.3 Å². The first-order valence-electron chi connectivity index (χ1n) is 10.3. The number of amides is 3. The van der Waals surface area contributed by atoms with E-state index in [1.807, 2.05) is 25.1 Å². The second-order valence-corrected chi connectivity index (χ2v) is 8.50. The van der Waals surface area contributed by atoms with E-state index in [9.17, 15) is 9.59 Å². The molecule has 0 unspecified atom stereocenters. The molecule has 1 aliphatic heterocycles. The summed E-state index contributed by atoms with van der Waals surface area (Å²) in [5, 5.41) is 3.86. The largest absolute Gasteiger partial charge is 0.490 e. The molecule has 1 fully saturated rings. The van der Waals surface area contributed by atoms with E-state index in [1.165, 1.54) is 12.1 Å². The molecule has 34 heavy (non-hydrogen) atoms. The van der Waals surface area contributed by atoms with Gasteiger partial charge >= 0.3 is 6.03 Å². The summed E-state index contributed by atoms with van der Waals surface area (Å²) in [6, 6.07) is 16.6. The first-order chi connectivity index (χ1) is 16.4. The third-order valence-corrected chi connectivity index (χ3v) is 5.80. The molecule has 3 amide bonds. The molecule has 6 nitrogen and oxygen atoms in total. The fraction of sp³-hybridized carbons (Fsp3) is 0.120. The fourth-order valence-corrected chi connectivity index (χ4v) is 4.04. The summed E-state index contributed by atoms with van der Waals surface area (Å²) < 4.78 is 11.6. The predicted octanol–water partition coefficient (Wildman–Crippen LogP) is 6.72. The Morgan fingerprint density at radius 2 is 1.74 bits per heavy atom. The van der Waals surface area contributed by atoms with Crippen LogP contribution in [0.4, 0.5) is 10.5 Å². The zero-order valence-corrected chi connectivity index (χ0v) is 20.2. The molecule has 0 aromatic heterocycles. The topological polar surface area (TPSA) is 67.9 Å². The number of nitrogens with zero attached hydrogens (tertiary/aromatic N) is 1. The maximum absolute atomic E-state index is 12.9. The monoisotopic (exact) mass is 516 g/mol. The van der Waals surface area contributed by atoms with E-state index in [0.29, 0.717) is 39.4 Å². The van der Waals surface area contributed by atoms with Crippen LogP contribution in [0.3, 0.4) is 0 Å². The van der Waals surface area contributed by atoms with Gasteiger partial charge in [0.25, 0.3) is 5.91 Å². The maximum Gasteiger partial charge on any atom is 0.333 e. The van der Waals surface area contributed by atoms with Gasteiger partial charge in [-0.25, -0.2) is 9.69 Å². The molecule has 3 aromatic rings. The number of carbonyl (C=O) groups is 2. The number of nitrogens with one attached hydrogen (secondary N) is 1. The molecular weight excluding hydrogens is 499 g/mol. The lowest BCUT2D eigenvalue weighted by atomic mass is 10.1. The van der Waals surface area contributed by atoms with Crippen molar-refractivity contribution in [3.8, 4) is 11.5 Å². The summed E-state index contributed by atoms with van der Waals surface area (Å²) in [6.07, 6.45) is 1.52. The second kappa shape index (κ2) is 10.4. The highest BCUT2D eigenvalue weighted by atomic mass is 35.5. The molecule has 0 aliphatic carbocycles. The van der Waals surface area contributed by atoms with Crippen LogP contribution in [-0.2, 0) is 11.4 Å². The summed E-state index contributed by atoms with van der Waals surface area (Å²) in [5.41, 5.74) is 1.81. The van der Waals surface area contributed by atoms with Crippen LogP contribution in [0.25, 0.3) is 6.08 Å². The number of anilines is 1. The van der Waals surface area contributed by atoms with Crippen LogP contribution in [-0.4, -0.2) is 18.5 Å². The Labute approximate surface area is 211 Å². The molecule has 9 heteroatoms. The number of carbonyl (C=O) groups excluding carboxylic acids is 2. The number of ether oxygens (including phenoxy) is 2. The lowest BCUT2D eigenvalue weighted by Crippen LogP contribution is -2.30. The lowest BCUT2D eigenvalue weighted by molar-refractivity contribution is -0.113. The van der Waals surface area contributed by atoms with Gasteiger partial charge in [-0.3, -0.25) is 4.79 Å². The molecule has 0 bridgehead atoms. The number of urea groups is 1. The minimum absolute atomic E-state index is 0.0910. The third kappa shape index (κ3) is 5.14. The van der Waals surface area contributed by atoms with Gasteiger partial charge in [0, 0.05) is 15.6 Å². The molecule has 1 saturated heterocycles. The molecule has 4 rings (SSSR count). The Morgan fingerprint density at radius 3 is 2.47 bits per heavy atom. The average molecular weight is 518 g/mol. The summed E-state index contributed by atoms with van der Waals surface area (Å²) in [7, 11) is 0. The number of hydrogen-bond acceptors (Lipinski definition) is 4. The first kappa shape index (κ1) is 24.0. The zero-order valence-electron chi connectivity index (χ0n) is 18.0. The highest BCUT2D eigenvalue weighted by Crippen LogP contribution is 2.38. The van der Waals surface area contributed by atoms with E-state index >= 15 is 0 Å². The Hall–Kier alpha value is -3.19. The van der Waals surface area contributed by atoms with E-state index in [-0.39, 0.29) is 17.3 Å². The van der Waals surface area contributed by atoms with Crippen LogP contribution in [0, 0.1) is 0 Å². The Bertz CT molecular complexity index is 1290. The van der Waals surface area contributed by atoms with Crippen LogP contribution >= 0.6 is 34.8 Å². The molecule has 0 atom stereocenters. The third-order valence-electron chi connectivity index (χ3n) is 4.92. The van der Waals surface area contributed by atoms with Crippen molar-refractivity contribution in [1.82, 2.24) is 5.32 Å². The molecule has 3 aromatic carbocycles. The average Bonchev–Trinajstić information content (AvgIpc) is 3.07. The van der Waals surface area contributed by atoms with Crippen molar-refractivity contribution in [3.05, 3.63) is 92.6 Å². The first-order valence-corrected chi connectivity index (χ1v) is 11.5. The predicted molar refractivity (Wildman–Crippen MR) is 134 cm³/mol. The highest BCUT2D eigenvalue weighted by molar-refractivity contribution is 6.33. The van der Waals surface area contributed by atoms with Crippen LogP contribution in [0.1, 0.15) is 18.1 Å². The zero-order chi connectivity index (χ0) is 24.2.